The molecule has 78 valence electrons. The summed E-state index contributed by atoms with van der Waals surface area (Å²) in [5.41, 5.74) is 0. The maximum absolute atomic E-state index is 12.5. The first-order valence-electron chi connectivity index (χ1n) is 2.67. The Hall–Kier alpha value is 0.590. The van der Waals surface area contributed by atoms with Gasteiger partial charge in [-0.2, -0.15) is 26.3 Å². The topological polar surface area (TPSA) is 0 Å². The average Bonchev–Trinajstić information content (AvgIpc) is 2.31. The highest BCUT2D eigenvalue weighted by atomic mass is 127. The van der Waals surface area contributed by atoms with Gasteiger partial charge in [0.1, 0.15) is 0 Å². The highest BCUT2D eigenvalue weighted by Gasteiger charge is 2.91. The largest absolute Gasteiger partial charge is 0.369 e. The zero-order valence-electron chi connectivity index (χ0n) is 5.43. The molecule has 0 radical (unpaired) electrons. The molecule has 9 heteroatoms. The van der Waals surface area contributed by atoms with Crippen LogP contribution in [0.5, 0.6) is 0 Å². The molecule has 0 aliphatic carbocycles. The first-order valence-corrected chi connectivity index (χ1v) is 4.57. The molecule has 0 spiro atoms. The molecule has 1 heterocycles. The Balaban J connectivity index is 2.97. The molecule has 0 aromatic rings. The summed E-state index contributed by atoms with van der Waals surface area (Å²) in [6.45, 7) is 0. The van der Waals surface area contributed by atoms with Gasteiger partial charge in [-0.3, -0.25) is 0 Å². The summed E-state index contributed by atoms with van der Waals surface area (Å²) in [6, 6.07) is 0. The highest BCUT2D eigenvalue weighted by Crippen LogP contribution is 2.75. The number of thioether (sulfide) groups is 1. The quantitative estimate of drug-likeness (QED) is 0.320. The van der Waals surface area contributed by atoms with Crippen LogP contribution in [0.15, 0.2) is 0 Å². The third kappa shape index (κ3) is 1.41. The van der Waals surface area contributed by atoms with E-state index in [4.69, 9.17) is 0 Å². The van der Waals surface area contributed by atoms with E-state index in [9.17, 15) is 30.7 Å². The van der Waals surface area contributed by atoms with Crippen LogP contribution < -0.4 is 0 Å². The minimum atomic E-state index is -5.38. The Morgan fingerprint density at radius 2 is 1.31 bits per heavy atom. The predicted molar refractivity (Wildman–Crippen MR) is 40.3 cm³/mol. The number of hydrogen-bond donors (Lipinski definition) is 0. The van der Waals surface area contributed by atoms with E-state index in [1.807, 2.05) is 0 Å². The van der Waals surface area contributed by atoms with Gasteiger partial charge < -0.3 is 0 Å². The second kappa shape index (κ2) is 2.58. The maximum Gasteiger partial charge on any atom is 0.369 e. The molecule has 1 rings (SSSR count). The van der Waals surface area contributed by atoms with E-state index in [-0.39, 0.29) is 22.6 Å². The van der Waals surface area contributed by atoms with Crippen molar-refractivity contribution >= 4 is 34.4 Å². The fourth-order valence-electron chi connectivity index (χ4n) is 0.580. The summed E-state index contributed by atoms with van der Waals surface area (Å²) in [4.78, 5) is 0. The molecule has 1 aliphatic rings. The van der Waals surface area contributed by atoms with Gasteiger partial charge in [0.25, 0.3) is 0 Å². The normalized spacial score (nSPS) is 33.2. The van der Waals surface area contributed by atoms with Gasteiger partial charge in [-0.1, -0.05) is 0 Å². The van der Waals surface area contributed by atoms with Crippen molar-refractivity contribution in [1.82, 2.24) is 0 Å². The van der Waals surface area contributed by atoms with E-state index in [0.717, 1.165) is 0 Å². The molecule has 1 atom stereocenters. The van der Waals surface area contributed by atoms with Crippen molar-refractivity contribution in [2.24, 2.45) is 0 Å². The van der Waals surface area contributed by atoms with Gasteiger partial charge in [0.05, 0.1) is 0 Å². The number of alkyl halides is 8. The summed E-state index contributed by atoms with van der Waals surface area (Å²) in [5, 5.41) is -8.92. The van der Waals surface area contributed by atoms with Crippen LogP contribution in [0.25, 0.3) is 0 Å². The molecular weight excluding hydrogens is 340 g/mol. The zero-order chi connectivity index (χ0) is 10.7. The molecule has 0 bridgehead atoms. The molecule has 0 saturated carbocycles. The fraction of sp³-hybridized carbons (Fsp3) is 1.00. The van der Waals surface area contributed by atoms with E-state index in [1.165, 1.54) is 0 Å². The van der Waals surface area contributed by atoms with Crippen LogP contribution in [-0.2, 0) is 0 Å². The lowest BCUT2D eigenvalue weighted by Crippen LogP contribution is -2.48. The molecule has 0 N–H and O–H groups in total. The maximum atomic E-state index is 12.5. The van der Waals surface area contributed by atoms with Crippen molar-refractivity contribution in [3.63, 3.8) is 0 Å². The fourth-order valence-corrected chi connectivity index (χ4v) is 1.82. The monoisotopic (exact) mass is 340 g/mol. The van der Waals surface area contributed by atoms with E-state index >= 15 is 0 Å². The number of hydrogen-bond acceptors (Lipinski definition) is 1. The molecule has 13 heavy (non-hydrogen) atoms. The summed E-state index contributed by atoms with van der Waals surface area (Å²) in [5.74, 6) is -5.38. The summed E-state index contributed by atoms with van der Waals surface area (Å²) >= 11 is -1.17. The Morgan fingerprint density at radius 1 is 1.00 bits per heavy atom. The molecule has 1 unspecified atom stereocenters. The highest BCUT2D eigenvalue weighted by molar-refractivity contribution is 14.1. The lowest BCUT2D eigenvalue weighted by Gasteiger charge is -2.23. The molecular formula is C4F7IS. The SMILES string of the molecule is FC(F)(I)C(F)(F)C1(F)SC1(F)F. The van der Waals surface area contributed by atoms with Crippen LogP contribution in [0.2, 0.25) is 0 Å². The molecule has 1 aliphatic heterocycles. The minimum absolute atomic E-state index is 0.0687. The van der Waals surface area contributed by atoms with E-state index in [2.05, 4.69) is 0 Å². The van der Waals surface area contributed by atoms with Crippen LogP contribution in [0.4, 0.5) is 30.7 Å². The van der Waals surface area contributed by atoms with Gasteiger partial charge in [-0.15, -0.1) is 0 Å². The third-order valence-corrected chi connectivity index (χ3v) is 3.17. The molecule has 1 saturated heterocycles. The first-order chi connectivity index (χ1) is 5.46. The van der Waals surface area contributed by atoms with Crippen molar-refractivity contribution in [3.05, 3.63) is 0 Å². The Labute approximate surface area is 85.4 Å². The van der Waals surface area contributed by atoms with Gasteiger partial charge in [-0.05, 0) is 11.8 Å². The second-order valence-corrected chi connectivity index (χ2v) is 4.92. The molecule has 0 aromatic carbocycles. The van der Waals surface area contributed by atoms with Crippen LogP contribution in [0.1, 0.15) is 0 Å². The number of rotatable bonds is 2. The summed E-state index contributed by atoms with van der Waals surface area (Å²) in [6.07, 6.45) is 0. The van der Waals surface area contributed by atoms with Crippen molar-refractivity contribution in [1.29, 1.82) is 0 Å². The second-order valence-electron chi connectivity index (χ2n) is 2.29. The average molecular weight is 340 g/mol. The van der Waals surface area contributed by atoms with E-state index in [1.54, 1.807) is 0 Å². The van der Waals surface area contributed by atoms with Crippen molar-refractivity contribution < 1.29 is 30.7 Å². The third-order valence-electron chi connectivity index (χ3n) is 1.36. The zero-order valence-corrected chi connectivity index (χ0v) is 8.41. The standard InChI is InChI=1S/C4F7IS/c5-1(6,3(8,9)12)2(7)4(10,11)13-2. The van der Waals surface area contributed by atoms with Crippen molar-refractivity contribution in [2.75, 3.05) is 0 Å². The van der Waals surface area contributed by atoms with Crippen LogP contribution in [0, 0.1) is 0 Å². The van der Waals surface area contributed by atoms with Crippen LogP contribution in [-0.4, -0.2) is 20.1 Å². The van der Waals surface area contributed by atoms with Gasteiger partial charge in [0, 0.05) is 22.6 Å². The molecule has 0 nitrogen and oxygen atoms in total. The van der Waals surface area contributed by atoms with Crippen LogP contribution >= 0.6 is 34.4 Å². The lowest BCUT2D eigenvalue weighted by molar-refractivity contribution is -0.208. The molecule has 0 aromatic heterocycles. The minimum Gasteiger partial charge on any atom is -0.217 e. The van der Waals surface area contributed by atoms with E-state index in [0.29, 0.717) is 0 Å². The van der Waals surface area contributed by atoms with Gasteiger partial charge in [0.2, 0.25) is 0 Å². The van der Waals surface area contributed by atoms with E-state index < -0.39 is 31.9 Å². The first kappa shape index (κ1) is 11.7. The number of halogens is 8. The van der Waals surface area contributed by atoms with Crippen molar-refractivity contribution in [3.8, 4) is 0 Å². The van der Waals surface area contributed by atoms with Crippen LogP contribution in [0.3, 0.4) is 0 Å². The van der Waals surface area contributed by atoms with Gasteiger partial charge in [-0.25, -0.2) is 4.39 Å². The van der Waals surface area contributed by atoms with Gasteiger partial charge >= 0.3 is 20.1 Å². The summed E-state index contributed by atoms with van der Waals surface area (Å²) < 4.78 is 80.4. The Bertz CT molecular complexity index is 235. The Morgan fingerprint density at radius 3 is 1.38 bits per heavy atom. The smallest absolute Gasteiger partial charge is 0.217 e. The Kier molecular flexibility index (Phi) is 2.32. The lowest BCUT2D eigenvalue weighted by atomic mass is 10.2. The van der Waals surface area contributed by atoms with Gasteiger partial charge in [0.15, 0.2) is 0 Å². The van der Waals surface area contributed by atoms with Crippen molar-refractivity contribution in [2.45, 2.75) is 20.1 Å². The molecule has 1 fully saturated rings. The summed E-state index contributed by atoms with van der Waals surface area (Å²) in [7, 11) is 0. The predicted octanol–water partition coefficient (Wildman–Crippen LogP) is 3.65. The molecule has 0 amide bonds.